The van der Waals surface area contributed by atoms with Gasteiger partial charge >= 0.3 is 5.97 Å². The van der Waals surface area contributed by atoms with Crippen molar-refractivity contribution in [2.45, 2.75) is 19.4 Å². The van der Waals surface area contributed by atoms with Gasteiger partial charge in [-0.15, -0.1) is 0 Å². The van der Waals surface area contributed by atoms with Gasteiger partial charge in [0.05, 0.1) is 0 Å². The van der Waals surface area contributed by atoms with Crippen LogP contribution in [0.15, 0.2) is 41.2 Å². The number of esters is 1. The second-order valence-electron chi connectivity index (χ2n) is 5.27. The molecule has 2 N–H and O–H groups in total. The Hall–Kier alpha value is -3.56. The molecule has 1 amide bonds. The number of carbonyl (C=O) groups excluding carboxylic acids is 2. The number of benzene rings is 1. The van der Waals surface area contributed by atoms with Crippen LogP contribution in [0.4, 0.5) is 0 Å². The van der Waals surface area contributed by atoms with E-state index in [-0.39, 0.29) is 37.7 Å². The van der Waals surface area contributed by atoms with Gasteiger partial charge in [-0.3, -0.25) is 14.7 Å². The average Bonchev–Trinajstić information content (AvgIpc) is 3.35. The van der Waals surface area contributed by atoms with E-state index in [0.29, 0.717) is 11.7 Å². The molecule has 0 atom stereocenters. The first kappa shape index (κ1) is 17.3. The molecule has 0 unspecified atom stereocenters. The summed E-state index contributed by atoms with van der Waals surface area (Å²) in [6, 6.07) is 9.29. The number of aromatic amines is 1. The molecule has 0 spiro atoms. The molecule has 0 saturated carbocycles. The molecule has 3 aromatic rings. The number of aryl methyl sites for hydroxylation is 1. The molecule has 2 heterocycles. The molecule has 0 fully saturated rings. The highest BCUT2D eigenvalue weighted by Gasteiger charge is 2.13. The van der Waals surface area contributed by atoms with E-state index in [1.807, 2.05) is 30.3 Å². The number of nitrogens with zero attached hydrogens (tertiary/aromatic N) is 4. The fourth-order valence-corrected chi connectivity index (χ4v) is 2.03. The lowest BCUT2D eigenvalue weighted by molar-refractivity contribution is -0.145. The van der Waals surface area contributed by atoms with Crippen molar-refractivity contribution in [3.63, 3.8) is 0 Å². The molecule has 134 valence electrons. The Kier molecular flexibility index (Phi) is 5.65. The third-order valence-electron chi connectivity index (χ3n) is 3.33. The summed E-state index contributed by atoms with van der Waals surface area (Å²) in [5.41, 5.74) is 0.881. The fraction of sp³-hybridized carbons (Fsp3) is 0.250. The molecule has 2 aromatic heterocycles. The summed E-state index contributed by atoms with van der Waals surface area (Å²) >= 11 is 0. The zero-order valence-electron chi connectivity index (χ0n) is 13.7. The quantitative estimate of drug-likeness (QED) is 0.561. The molecule has 0 aliphatic heterocycles. The topological polar surface area (TPSA) is 136 Å². The Labute approximate surface area is 148 Å². The van der Waals surface area contributed by atoms with Crippen LogP contribution in [0.1, 0.15) is 17.9 Å². The Balaban J connectivity index is 1.36. The minimum Gasteiger partial charge on any atom is -0.460 e. The van der Waals surface area contributed by atoms with Crippen molar-refractivity contribution in [3.05, 3.63) is 48.1 Å². The monoisotopic (exact) mass is 356 g/mol. The largest absolute Gasteiger partial charge is 0.460 e. The number of hydrogen-bond acceptors (Lipinski definition) is 8. The summed E-state index contributed by atoms with van der Waals surface area (Å²) in [5.74, 6) is 0.111. The number of nitrogens with one attached hydrogen (secondary N) is 2. The number of aromatic nitrogens is 5. The van der Waals surface area contributed by atoms with Gasteiger partial charge in [0, 0.05) is 12.8 Å². The van der Waals surface area contributed by atoms with Crippen molar-refractivity contribution in [1.29, 1.82) is 0 Å². The molecule has 26 heavy (non-hydrogen) atoms. The van der Waals surface area contributed by atoms with Gasteiger partial charge in [-0.1, -0.05) is 35.5 Å². The van der Waals surface area contributed by atoms with Crippen LogP contribution in [0.2, 0.25) is 0 Å². The zero-order valence-corrected chi connectivity index (χ0v) is 13.7. The van der Waals surface area contributed by atoms with Crippen LogP contribution in [-0.2, 0) is 27.4 Å². The Morgan fingerprint density at radius 3 is 2.85 bits per heavy atom. The van der Waals surface area contributed by atoms with Crippen LogP contribution in [0, 0.1) is 0 Å². The van der Waals surface area contributed by atoms with E-state index in [1.54, 1.807) is 0 Å². The number of hydrogen-bond donors (Lipinski definition) is 2. The summed E-state index contributed by atoms with van der Waals surface area (Å²) in [5, 5.41) is 12.5. The maximum atomic E-state index is 11.8. The molecular formula is C16H16N6O4. The minimum atomic E-state index is -0.507. The molecular weight excluding hydrogens is 340 g/mol. The molecule has 0 radical (unpaired) electrons. The second kappa shape index (κ2) is 8.51. The number of amides is 1. The zero-order chi connectivity index (χ0) is 18.2. The third-order valence-corrected chi connectivity index (χ3v) is 3.33. The highest BCUT2D eigenvalue weighted by molar-refractivity contribution is 5.81. The van der Waals surface area contributed by atoms with E-state index in [0.717, 1.165) is 5.56 Å². The number of carbonyl (C=O) groups is 2. The van der Waals surface area contributed by atoms with Gasteiger partial charge in [-0.2, -0.15) is 10.1 Å². The van der Waals surface area contributed by atoms with Crippen LogP contribution >= 0.6 is 0 Å². The summed E-state index contributed by atoms with van der Waals surface area (Å²) < 4.78 is 10.1. The van der Waals surface area contributed by atoms with E-state index in [1.165, 1.54) is 6.33 Å². The van der Waals surface area contributed by atoms with E-state index in [2.05, 4.69) is 30.6 Å². The maximum absolute atomic E-state index is 11.8. The molecule has 3 rings (SSSR count). The van der Waals surface area contributed by atoms with Crippen LogP contribution in [0.5, 0.6) is 0 Å². The van der Waals surface area contributed by atoms with Gasteiger partial charge in [0.2, 0.25) is 17.6 Å². The minimum absolute atomic E-state index is 0.101. The van der Waals surface area contributed by atoms with Crippen LogP contribution in [-0.4, -0.2) is 43.7 Å². The van der Waals surface area contributed by atoms with Crippen molar-refractivity contribution in [2.24, 2.45) is 0 Å². The molecule has 0 saturated heterocycles. The molecule has 0 aliphatic rings. The standard InChI is InChI=1S/C16H16N6O4/c23-12(17-8-14(24)25-9-11-4-2-1-3-5-11)6-7-13-20-16(22-26-13)15-18-10-19-21-15/h1-5,10H,6-9H2,(H,17,23)(H,18,19,21). The Bertz CT molecular complexity index is 847. The summed E-state index contributed by atoms with van der Waals surface area (Å²) in [6.07, 6.45) is 1.67. The van der Waals surface area contributed by atoms with Crippen LogP contribution in [0.25, 0.3) is 11.6 Å². The normalized spacial score (nSPS) is 10.5. The van der Waals surface area contributed by atoms with E-state index >= 15 is 0 Å². The van der Waals surface area contributed by atoms with Gasteiger partial charge in [-0.05, 0) is 5.56 Å². The highest BCUT2D eigenvalue weighted by atomic mass is 16.5. The number of H-pyrrole nitrogens is 1. The molecule has 1 aromatic carbocycles. The average molecular weight is 356 g/mol. The predicted octanol–water partition coefficient (Wildman–Crippen LogP) is 0.647. The van der Waals surface area contributed by atoms with Crippen LogP contribution < -0.4 is 5.32 Å². The Morgan fingerprint density at radius 1 is 1.23 bits per heavy atom. The number of rotatable bonds is 8. The van der Waals surface area contributed by atoms with Crippen LogP contribution in [0.3, 0.4) is 0 Å². The highest BCUT2D eigenvalue weighted by Crippen LogP contribution is 2.09. The first-order valence-corrected chi connectivity index (χ1v) is 7.85. The van der Waals surface area contributed by atoms with Gasteiger partial charge in [0.15, 0.2) is 5.82 Å². The summed E-state index contributed by atoms with van der Waals surface area (Å²) in [6.45, 7) is -0.0270. The van der Waals surface area contributed by atoms with Gasteiger partial charge in [0.1, 0.15) is 19.5 Å². The van der Waals surface area contributed by atoms with Crippen molar-refractivity contribution < 1.29 is 18.8 Å². The Morgan fingerprint density at radius 2 is 2.08 bits per heavy atom. The fourth-order valence-electron chi connectivity index (χ4n) is 2.03. The molecule has 10 nitrogen and oxygen atoms in total. The van der Waals surface area contributed by atoms with Gasteiger partial charge < -0.3 is 14.6 Å². The van der Waals surface area contributed by atoms with Crippen molar-refractivity contribution in [2.75, 3.05) is 6.54 Å². The van der Waals surface area contributed by atoms with E-state index in [4.69, 9.17) is 9.26 Å². The lowest BCUT2D eigenvalue weighted by atomic mass is 10.2. The van der Waals surface area contributed by atoms with Crippen molar-refractivity contribution >= 4 is 11.9 Å². The van der Waals surface area contributed by atoms with E-state index < -0.39 is 5.97 Å². The van der Waals surface area contributed by atoms with Crippen molar-refractivity contribution in [3.8, 4) is 11.6 Å². The molecule has 10 heteroatoms. The van der Waals surface area contributed by atoms with Gasteiger partial charge in [0.25, 0.3) is 0 Å². The smallest absolute Gasteiger partial charge is 0.325 e. The molecule has 0 aliphatic carbocycles. The van der Waals surface area contributed by atoms with E-state index in [9.17, 15) is 9.59 Å². The summed E-state index contributed by atoms with van der Waals surface area (Å²) in [7, 11) is 0. The first-order chi connectivity index (χ1) is 12.7. The predicted molar refractivity (Wildman–Crippen MR) is 87.2 cm³/mol. The lowest BCUT2D eigenvalue weighted by Crippen LogP contribution is -2.30. The number of ether oxygens (including phenoxy) is 1. The SMILES string of the molecule is O=C(CCc1nc(-c2ncn[nH]2)no1)NCC(=O)OCc1ccccc1. The van der Waals surface area contributed by atoms with Gasteiger partial charge in [-0.25, -0.2) is 4.98 Å². The first-order valence-electron chi connectivity index (χ1n) is 7.85. The lowest BCUT2D eigenvalue weighted by Gasteiger charge is -2.06. The maximum Gasteiger partial charge on any atom is 0.325 e. The second-order valence-corrected chi connectivity index (χ2v) is 5.27. The van der Waals surface area contributed by atoms with Crippen molar-refractivity contribution in [1.82, 2.24) is 30.6 Å². The summed E-state index contributed by atoms with van der Waals surface area (Å²) in [4.78, 5) is 31.4. The molecule has 0 bridgehead atoms. The third kappa shape index (κ3) is 4.97.